The molecule has 0 spiro atoms. The van der Waals surface area contributed by atoms with Crippen LogP contribution in [-0.2, 0) is 17.1 Å². The molecule has 1 aliphatic rings. The van der Waals surface area contributed by atoms with Crippen LogP contribution in [0.2, 0.25) is 0 Å². The van der Waals surface area contributed by atoms with E-state index in [0.717, 1.165) is 30.5 Å². The van der Waals surface area contributed by atoms with Crippen LogP contribution in [0.4, 0.5) is 0 Å². The molecule has 1 aromatic heterocycles. The number of nitrogens with zero attached hydrogens (tertiary/aromatic N) is 2. The van der Waals surface area contributed by atoms with Crippen LogP contribution in [0.25, 0.3) is 0 Å². The van der Waals surface area contributed by atoms with E-state index in [1.165, 1.54) is 12.1 Å². The second-order valence-corrected chi connectivity index (χ2v) is 8.50. The maximum Gasteiger partial charge on any atom is 0.251 e. The fraction of sp³-hybridized carbons (Fsp3) is 0.444. The number of nitrogens with one attached hydrogen (secondary N) is 2. The van der Waals surface area contributed by atoms with Crippen LogP contribution in [0.3, 0.4) is 0 Å². The van der Waals surface area contributed by atoms with Crippen LogP contribution in [0.5, 0.6) is 0 Å². The van der Waals surface area contributed by atoms with Crippen LogP contribution in [-0.4, -0.2) is 30.1 Å². The van der Waals surface area contributed by atoms with Gasteiger partial charge in [-0.05, 0) is 44.9 Å². The number of amides is 1. The molecular formula is C18H24N4O3S. The zero-order valence-corrected chi connectivity index (χ0v) is 16.0. The molecule has 26 heavy (non-hydrogen) atoms. The molecule has 0 aliphatic heterocycles. The van der Waals surface area contributed by atoms with Crippen LogP contribution in [0.15, 0.2) is 35.4 Å². The first-order valence-electron chi connectivity index (χ1n) is 8.69. The summed E-state index contributed by atoms with van der Waals surface area (Å²) in [5.41, 5.74) is 2.21. The van der Waals surface area contributed by atoms with E-state index < -0.39 is 10.0 Å². The van der Waals surface area contributed by atoms with Crippen molar-refractivity contribution in [1.82, 2.24) is 19.8 Å². The maximum absolute atomic E-state index is 12.6. The molecule has 2 N–H and O–H groups in total. The van der Waals surface area contributed by atoms with Gasteiger partial charge in [0.1, 0.15) is 0 Å². The summed E-state index contributed by atoms with van der Waals surface area (Å²) in [4.78, 5) is 12.7. The minimum Gasteiger partial charge on any atom is -0.345 e. The zero-order valence-electron chi connectivity index (χ0n) is 15.2. The van der Waals surface area contributed by atoms with Crippen molar-refractivity contribution < 1.29 is 13.2 Å². The Morgan fingerprint density at radius 3 is 2.65 bits per heavy atom. The van der Waals surface area contributed by atoms with Gasteiger partial charge < -0.3 is 5.32 Å². The molecule has 7 nitrogen and oxygen atoms in total. The van der Waals surface area contributed by atoms with Gasteiger partial charge in [-0.3, -0.25) is 9.48 Å². The van der Waals surface area contributed by atoms with Gasteiger partial charge in [0.2, 0.25) is 10.0 Å². The van der Waals surface area contributed by atoms with E-state index in [0.29, 0.717) is 5.56 Å². The number of carbonyl (C=O) groups excluding carboxylic acids is 1. The molecule has 1 atom stereocenters. The Hall–Kier alpha value is -2.19. The average molecular weight is 376 g/mol. The van der Waals surface area contributed by atoms with Crippen molar-refractivity contribution in [3.63, 3.8) is 0 Å². The average Bonchev–Trinajstić information content (AvgIpc) is 2.91. The predicted molar refractivity (Wildman–Crippen MR) is 98.2 cm³/mol. The van der Waals surface area contributed by atoms with Crippen molar-refractivity contribution >= 4 is 15.9 Å². The Bertz CT molecular complexity index is 916. The Morgan fingerprint density at radius 2 is 2.08 bits per heavy atom. The Balaban J connectivity index is 1.74. The van der Waals surface area contributed by atoms with Crippen LogP contribution >= 0.6 is 0 Å². The van der Waals surface area contributed by atoms with Crippen molar-refractivity contribution in [1.29, 1.82) is 0 Å². The molecule has 1 aromatic carbocycles. The zero-order chi connectivity index (χ0) is 18.9. The van der Waals surface area contributed by atoms with E-state index in [-0.39, 0.29) is 22.9 Å². The molecule has 0 radical (unpaired) electrons. The highest BCUT2D eigenvalue weighted by Gasteiger charge is 2.25. The van der Waals surface area contributed by atoms with Crippen LogP contribution in [0, 0.1) is 6.92 Å². The molecule has 3 rings (SSSR count). The molecular weight excluding hydrogens is 352 g/mol. The summed E-state index contributed by atoms with van der Waals surface area (Å²) >= 11 is 0. The third-order valence-electron chi connectivity index (χ3n) is 4.92. The van der Waals surface area contributed by atoms with E-state index in [2.05, 4.69) is 15.1 Å². The van der Waals surface area contributed by atoms with Crippen LogP contribution in [0.1, 0.15) is 53.8 Å². The lowest BCUT2D eigenvalue weighted by Crippen LogP contribution is -2.39. The molecule has 0 bridgehead atoms. The molecule has 1 fully saturated rings. The summed E-state index contributed by atoms with van der Waals surface area (Å²) in [5, 5.41) is 7.08. The summed E-state index contributed by atoms with van der Waals surface area (Å²) in [6.07, 6.45) is 4.49. The first kappa shape index (κ1) is 18.6. The second-order valence-electron chi connectivity index (χ2n) is 6.78. The Morgan fingerprint density at radius 1 is 1.35 bits per heavy atom. The topological polar surface area (TPSA) is 93.1 Å². The molecule has 1 heterocycles. The molecule has 0 unspecified atom stereocenters. The number of aryl methyl sites for hydroxylation is 1. The van der Waals surface area contributed by atoms with E-state index in [4.69, 9.17) is 0 Å². The molecule has 1 amide bonds. The first-order chi connectivity index (χ1) is 12.3. The minimum atomic E-state index is -3.60. The number of carbonyl (C=O) groups is 1. The first-order valence-corrected chi connectivity index (χ1v) is 10.2. The van der Waals surface area contributed by atoms with Crippen molar-refractivity contribution in [3.8, 4) is 0 Å². The van der Waals surface area contributed by atoms with Crippen molar-refractivity contribution in [2.45, 2.75) is 50.1 Å². The fourth-order valence-corrected chi connectivity index (χ4v) is 4.27. The van der Waals surface area contributed by atoms with Crippen LogP contribution < -0.4 is 10.0 Å². The van der Waals surface area contributed by atoms with E-state index >= 15 is 0 Å². The molecule has 0 saturated heterocycles. The van der Waals surface area contributed by atoms with Gasteiger partial charge in [-0.2, -0.15) is 5.10 Å². The quantitative estimate of drug-likeness (QED) is 0.807. The Kier molecular flexibility index (Phi) is 5.15. The number of aromatic nitrogens is 2. The van der Waals surface area contributed by atoms with Gasteiger partial charge in [0.25, 0.3) is 5.91 Å². The third kappa shape index (κ3) is 3.81. The highest BCUT2D eigenvalue weighted by molar-refractivity contribution is 7.89. The third-order valence-corrected chi connectivity index (χ3v) is 6.44. The van der Waals surface area contributed by atoms with E-state index in [1.807, 2.05) is 20.9 Å². The summed E-state index contributed by atoms with van der Waals surface area (Å²) in [6.45, 7) is 3.81. The van der Waals surface area contributed by atoms with E-state index in [1.54, 1.807) is 23.0 Å². The largest absolute Gasteiger partial charge is 0.345 e. The van der Waals surface area contributed by atoms with Gasteiger partial charge in [0.05, 0.1) is 17.1 Å². The van der Waals surface area contributed by atoms with Crippen molar-refractivity contribution in [3.05, 3.63) is 47.3 Å². The molecule has 1 saturated carbocycles. The van der Waals surface area contributed by atoms with E-state index in [9.17, 15) is 13.2 Å². The number of hydrogen-bond donors (Lipinski definition) is 2. The Labute approximate surface area is 153 Å². The normalized spacial score (nSPS) is 16.1. The van der Waals surface area contributed by atoms with Gasteiger partial charge in [-0.15, -0.1) is 0 Å². The fourth-order valence-electron chi connectivity index (χ4n) is 2.92. The molecule has 2 aromatic rings. The smallest absolute Gasteiger partial charge is 0.251 e. The molecule has 140 valence electrons. The lowest BCUT2D eigenvalue weighted by Gasteiger charge is -2.26. The molecule has 1 aliphatic carbocycles. The highest BCUT2D eigenvalue weighted by Crippen LogP contribution is 2.22. The minimum absolute atomic E-state index is 0.00561. The van der Waals surface area contributed by atoms with Gasteiger partial charge in [0, 0.05) is 29.9 Å². The summed E-state index contributed by atoms with van der Waals surface area (Å²) < 4.78 is 29.3. The number of hydrogen-bond acceptors (Lipinski definition) is 4. The summed E-state index contributed by atoms with van der Waals surface area (Å²) in [6, 6.07) is 5.90. The van der Waals surface area contributed by atoms with Gasteiger partial charge >= 0.3 is 0 Å². The lowest BCUT2D eigenvalue weighted by molar-refractivity contribution is 0.0939. The van der Waals surface area contributed by atoms with Gasteiger partial charge in [0.15, 0.2) is 0 Å². The SMILES string of the molecule is Cc1c([C@@H](C)NC(=O)c2cccc(S(=O)(=O)NC3CCC3)c2)cnn1C. The standard InChI is InChI=1S/C18H24N4O3S/c1-12(17-11-19-22(3)13(17)2)20-18(23)14-6-4-9-16(10-14)26(24,25)21-15-7-5-8-15/h4,6,9-12,15,21H,5,7-8H2,1-3H3,(H,20,23)/t12-/m1/s1. The second kappa shape index (κ2) is 7.20. The number of benzene rings is 1. The number of rotatable bonds is 6. The molecule has 8 heteroatoms. The van der Waals surface area contributed by atoms with Gasteiger partial charge in [-0.25, -0.2) is 13.1 Å². The summed E-state index contributed by atoms with van der Waals surface area (Å²) in [7, 11) is -1.76. The van der Waals surface area contributed by atoms with Gasteiger partial charge in [-0.1, -0.05) is 12.5 Å². The lowest BCUT2D eigenvalue weighted by atomic mass is 9.94. The van der Waals surface area contributed by atoms with Crippen molar-refractivity contribution in [2.24, 2.45) is 7.05 Å². The predicted octanol–water partition coefficient (Wildman–Crippen LogP) is 2.05. The number of sulfonamides is 1. The highest BCUT2D eigenvalue weighted by atomic mass is 32.2. The summed E-state index contributed by atoms with van der Waals surface area (Å²) in [5.74, 6) is -0.318. The van der Waals surface area contributed by atoms with Crippen molar-refractivity contribution in [2.75, 3.05) is 0 Å². The monoisotopic (exact) mass is 376 g/mol. The maximum atomic E-state index is 12.6.